The molecule has 4 fully saturated rings. The lowest BCUT2D eigenvalue weighted by molar-refractivity contribution is -0.366. The van der Waals surface area contributed by atoms with Crippen LogP contribution in [0.15, 0.2) is 71.8 Å². The summed E-state index contributed by atoms with van der Waals surface area (Å²) in [6.45, 7) is 7.73. The van der Waals surface area contributed by atoms with Gasteiger partial charge in [-0.25, -0.2) is 9.59 Å². The van der Waals surface area contributed by atoms with Crippen LogP contribution in [0, 0.1) is 16.7 Å². The molecule has 5 aliphatic rings. The first-order chi connectivity index (χ1) is 32.0. The molecule has 8 N–H and O–H groups in total. The summed E-state index contributed by atoms with van der Waals surface area (Å²) < 4.78 is 36.5. The highest BCUT2D eigenvalue weighted by Gasteiger charge is 2.78. The zero-order valence-electron chi connectivity index (χ0n) is 38.5. The van der Waals surface area contributed by atoms with Gasteiger partial charge in [-0.1, -0.05) is 57.2 Å². The molecule has 2 bridgehead atoms. The summed E-state index contributed by atoms with van der Waals surface area (Å²) in [4.78, 5) is 83.6. The number of carbonyl (C=O) groups excluding carboxylic acids is 6. The number of hydrogen-bond acceptors (Lipinski definition) is 18. The Morgan fingerprint density at radius 2 is 1.51 bits per heavy atom. The van der Waals surface area contributed by atoms with Gasteiger partial charge in [-0.3, -0.25) is 19.2 Å². The minimum atomic E-state index is -2.51. The Morgan fingerprint density at radius 3 is 2.10 bits per heavy atom. The average molecular weight is 953 g/mol. The highest BCUT2D eigenvalue weighted by atomic mass is 16.7. The van der Waals surface area contributed by atoms with E-state index in [-0.39, 0.29) is 35.1 Å². The van der Waals surface area contributed by atoms with Gasteiger partial charge in [0, 0.05) is 37.2 Å². The van der Waals surface area contributed by atoms with Gasteiger partial charge in [-0.15, -0.1) is 0 Å². The van der Waals surface area contributed by atoms with E-state index < -0.39 is 150 Å². The average Bonchev–Trinajstić information content (AvgIpc) is 3.29. The molecule has 0 aromatic heterocycles. The maximum Gasteiger partial charge on any atom is 0.339 e. The third-order valence-corrected chi connectivity index (χ3v) is 14.6. The Labute approximate surface area is 391 Å². The molecule has 0 spiro atoms. The monoisotopic (exact) mass is 952 g/mol. The summed E-state index contributed by atoms with van der Waals surface area (Å²) in [5.41, 5.74) is -8.32. The maximum atomic E-state index is 15.7. The fraction of sp³-hybridized carbons (Fsp3) is 0.583. The number of ketones is 1. The third kappa shape index (κ3) is 8.74. The van der Waals surface area contributed by atoms with Crippen molar-refractivity contribution in [2.24, 2.45) is 16.7 Å². The summed E-state index contributed by atoms with van der Waals surface area (Å²) >= 11 is 0. The number of carbonyl (C=O) groups is 6. The van der Waals surface area contributed by atoms with Crippen LogP contribution in [0.1, 0.15) is 87.9 Å². The third-order valence-electron chi connectivity index (χ3n) is 14.6. The Balaban J connectivity index is 1.36. The topological polar surface area (TPSA) is 303 Å². The maximum absolute atomic E-state index is 15.7. The second-order valence-corrected chi connectivity index (χ2v) is 19.0. The lowest BCUT2D eigenvalue weighted by atomic mass is 9.44. The van der Waals surface area contributed by atoms with Gasteiger partial charge in [0.1, 0.15) is 54.5 Å². The zero-order valence-corrected chi connectivity index (χ0v) is 38.5. The Bertz CT molecular complexity index is 2290. The van der Waals surface area contributed by atoms with Crippen molar-refractivity contribution in [2.45, 2.75) is 146 Å². The van der Waals surface area contributed by atoms with E-state index in [4.69, 9.17) is 28.4 Å². The van der Waals surface area contributed by atoms with Crippen LogP contribution in [0.4, 0.5) is 0 Å². The van der Waals surface area contributed by atoms with Crippen LogP contribution in [0.5, 0.6) is 0 Å². The zero-order chi connectivity index (χ0) is 49.7. The number of aliphatic hydroxyl groups is 6. The van der Waals surface area contributed by atoms with Gasteiger partial charge >= 0.3 is 17.9 Å². The standard InChI is InChI=1S/C48H60N2O18/c1-7-14-31(53)49-40(50-41(59)25-15-10-8-11-16-25)36(57)43(61)65-28-20-48(62)39(67-42(60)26-17-12-9-13-18-26)37-46(6,38(58)34(55)32(23(28)2)45(48,4)5)29(19-30-47(37,22-64-30)68-24(3)51)66-44-35(56)33(54)27(52)21-63-44/h8-13,15-18,27-30,33-37,39-40,44,52,54-57,62H,7,14,19-22H2,1-6H3,(H,49,53)(H,50,59)/t27-,28-,29-,30+,33+,34+,35-,36+,37?,39-,40+,44-,46+,47-,48+/m0/s1. The fourth-order valence-corrected chi connectivity index (χ4v) is 10.8. The smallest absolute Gasteiger partial charge is 0.339 e. The van der Waals surface area contributed by atoms with E-state index in [1.807, 2.05) is 0 Å². The van der Waals surface area contributed by atoms with E-state index in [0.717, 1.165) is 6.92 Å². The predicted octanol–water partition coefficient (Wildman–Crippen LogP) is 0.129. The molecule has 2 aliphatic heterocycles. The summed E-state index contributed by atoms with van der Waals surface area (Å²) in [7, 11) is 0. The molecule has 1 unspecified atom stereocenters. The van der Waals surface area contributed by atoms with Crippen molar-refractivity contribution in [3.8, 4) is 0 Å². The van der Waals surface area contributed by atoms with Crippen molar-refractivity contribution in [2.75, 3.05) is 13.2 Å². The second kappa shape index (κ2) is 19.3. The van der Waals surface area contributed by atoms with Crippen LogP contribution in [0.3, 0.4) is 0 Å². The van der Waals surface area contributed by atoms with Gasteiger partial charge in [0.05, 0.1) is 36.2 Å². The highest BCUT2D eigenvalue weighted by molar-refractivity contribution is 5.96. The Kier molecular flexibility index (Phi) is 14.4. The molecule has 20 nitrogen and oxygen atoms in total. The lowest BCUT2D eigenvalue weighted by Gasteiger charge is -2.68. The molecule has 2 aromatic rings. The van der Waals surface area contributed by atoms with Gasteiger partial charge in [-0.2, -0.15) is 0 Å². The normalized spacial score (nSPS) is 35.9. The van der Waals surface area contributed by atoms with E-state index in [1.165, 1.54) is 52.0 Å². The van der Waals surface area contributed by atoms with Crippen molar-refractivity contribution in [1.29, 1.82) is 0 Å². The lowest BCUT2D eigenvalue weighted by Crippen LogP contribution is -2.82. The first kappa shape index (κ1) is 50.7. The minimum Gasteiger partial charge on any atom is -0.456 e. The number of amides is 2. The number of nitrogens with one attached hydrogen (secondary N) is 2. The highest BCUT2D eigenvalue weighted by Crippen LogP contribution is 2.64. The summed E-state index contributed by atoms with van der Waals surface area (Å²) in [5, 5.41) is 74.7. The van der Waals surface area contributed by atoms with Crippen LogP contribution in [0.2, 0.25) is 0 Å². The summed E-state index contributed by atoms with van der Waals surface area (Å²) in [5.74, 6) is -7.32. The van der Waals surface area contributed by atoms with Crippen molar-refractivity contribution in [3.63, 3.8) is 0 Å². The van der Waals surface area contributed by atoms with Crippen LogP contribution in [-0.4, -0.2) is 158 Å². The van der Waals surface area contributed by atoms with Crippen LogP contribution in [-0.2, 0) is 47.6 Å². The molecule has 2 heterocycles. The molecule has 2 saturated heterocycles. The molecular formula is C48H60N2O18. The van der Waals surface area contributed by atoms with Gasteiger partial charge in [-0.05, 0) is 55.7 Å². The minimum absolute atomic E-state index is 0.00410. The number of Topliss-reactive ketones (excluding diaryl/α,β-unsaturated/α-hetero) is 1. The van der Waals surface area contributed by atoms with Gasteiger partial charge < -0.3 is 69.7 Å². The second-order valence-electron chi connectivity index (χ2n) is 19.0. The Morgan fingerprint density at radius 1 is 0.882 bits per heavy atom. The van der Waals surface area contributed by atoms with E-state index in [1.54, 1.807) is 43.3 Å². The van der Waals surface area contributed by atoms with Gasteiger partial charge in [0.2, 0.25) is 5.91 Å². The Hall–Kier alpha value is -5.16. The van der Waals surface area contributed by atoms with E-state index in [9.17, 15) is 54.6 Å². The SMILES string of the molecule is CCCC(=O)N[C@H](NC(=O)c1ccccc1)[C@@H](O)C(=O)O[C@H]1C[C@@]2(O)[C@@H](OC(=O)c3ccccc3)C3[C@](C)(C(=O)[C@H](O)C(=C1C)C2(C)C)[C@@H](O[C@@H]1OC[C@H](O)[C@@H](O)[C@@H]1O)C[C@H]1OC[C@@]31OC(C)=O. The number of ether oxygens (including phenoxy) is 6. The van der Waals surface area contributed by atoms with E-state index in [0.29, 0.717) is 6.42 Å². The molecule has 3 aliphatic carbocycles. The molecule has 68 heavy (non-hydrogen) atoms. The first-order valence-electron chi connectivity index (χ1n) is 22.6. The van der Waals surface area contributed by atoms with Crippen LogP contribution in [0.25, 0.3) is 0 Å². The van der Waals surface area contributed by atoms with E-state index >= 15 is 4.79 Å². The molecule has 0 radical (unpaired) electrons. The molecular weight excluding hydrogens is 893 g/mol. The molecule has 15 atom stereocenters. The first-order valence-corrected chi connectivity index (χ1v) is 22.6. The summed E-state index contributed by atoms with van der Waals surface area (Å²) in [6, 6.07) is 15.4. The van der Waals surface area contributed by atoms with Crippen molar-refractivity contribution >= 4 is 35.5 Å². The van der Waals surface area contributed by atoms with Gasteiger partial charge in [0.15, 0.2) is 23.8 Å². The summed E-state index contributed by atoms with van der Waals surface area (Å²) in [6.07, 6.45) is -19.7. The number of fused-ring (bicyclic) bond motifs is 5. The van der Waals surface area contributed by atoms with Crippen LogP contribution >= 0.6 is 0 Å². The van der Waals surface area contributed by atoms with Crippen molar-refractivity contribution in [3.05, 3.63) is 82.9 Å². The molecule has 7 rings (SSSR count). The van der Waals surface area contributed by atoms with E-state index in [2.05, 4.69) is 10.6 Å². The largest absolute Gasteiger partial charge is 0.456 e. The van der Waals surface area contributed by atoms with Crippen LogP contribution < -0.4 is 10.6 Å². The predicted molar refractivity (Wildman–Crippen MR) is 232 cm³/mol. The fourth-order valence-electron chi connectivity index (χ4n) is 10.8. The number of benzene rings is 2. The molecule has 2 saturated carbocycles. The number of esters is 3. The van der Waals surface area contributed by atoms with Gasteiger partial charge in [0.25, 0.3) is 5.91 Å². The molecule has 2 amide bonds. The molecule has 2 aromatic carbocycles. The van der Waals surface area contributed by atoms with Crippen molar-refractivity contribution < 1.29 is 87.8 Å². The molecule has 20 heteroatoms. The number of aliphatic hydroxyl groups excluding tert-OH is 5. The molecule has 370 valence electrons. The number of rotatable bonds is 13. The number of hydrogen-bond donors (Lipinski definition) is 8. The van der Waals surface area contributed by atoms with Crippen molar-refractivity contribution in [1.82, 2.24) is 10.6 Å². The quantitative estimate of drug-likeness (QED) is 0.0573.